The highest BCUT2D eigenvalue weighted by Crippen LogP contribution is 2.38. The van der Waals surface area contributed by atoms with Crippen LogP contribution < -0.4 is 0 Å². The second kappa shape index (κ2) is 12.5. The van der Waals surface area contributed by atoms with Crippen LogP contribution in [0, 0.1) is 0 Å². The van der Waals surface area contributed by atoms with Crippen LogP contribution in [0.5, 0.6) is 0 Å². The maximum atomic E-state index is 13.7. The van der Waals surface area contributed by atoms with Crippen LogP contribution >= 0.6 is 23.2 Å². The molecule has 0 aliphatic carbocycles. The summed E-state index contributed by atoms with van der Waals surface area (Å²) < 4.78 is 80.7. The number of carbonyl (C=O) groups excluding carboxylic acids is 1. The number of alkyl halides is 6. The van der Waals surface area contributed by atoms with Crippen molar-refractivity contribution >= 4 is 29.1 Å². The Morgan fingerprint density at radius 3 is 2.11 bits per heavy atom. The summed E-state index contributed by atoms with van der Waals surface area (Å²) in [4.78, 5) is 18.9. The van der Waals surface area contributed by atoms with Gasteiger partial charge in [0.15, 0.2) is 0 Å². The lowest BCUT2D eigenvalue weighted by molar-refractivity contribution is -0.143. The number of aliphatic hydroxyl groups is 1. The molecule has 2 aliphatic heterocycles. The topological polar surface area (TPSA) is 47.0 Å². The van der Waals surface area contributed by atoms with E-state index >= 15 is 0 Å². The minimum atomic E-state index is -4.95. The fraction of sp³-hybridized carbons (Fsp3) is 0.387. The maximum Gasteiger partial charge on any atom is 0.416 e. The lowest BCUT2D eigenvalue weighted by Crippen LogP contribution is -2.52. The van der Waals surface area contributed by atoms with Gasteiger partial charge in [0.2, 0.25) is 5.91 Å². The predicted octanol–water partition coefficient (Wildman–Crippen LogP) is 7.01. The molecule has 44 heavy (non-hydrogen) atoms. The Morgan fingerprint density at radius 1 is 0.841 bits per heavy atom. The average Bonchev–Trinajstić information content (AvgIpc) is 3.35. The van der Waals surface area contributed by atoms with E-state index in [2.05, 4.69) is 0 Å². The van der Waals surface area contributed by atoms with Gasteiger partial charge in [-0.3, -0.25) is 14.6 Å². The monoisotopic (exact) mass is 659 g/mol. The van der Waals surface area contributed by atoms with Crippen LogP contribution in [0.4, 0.5) is 26.3 Å². The molecular formula is C31H29Cl2F6N3O2. The number of β-amino-alcohol motifs (C(OH)–C–C–N with tert-alkyl or cyclic N) is 1. The summed E-state index contributed by atoms with van der Waals surface area (Å²) in [5, 5.41) is 11.8. The number of carbonyl (C=O) groups is 1. The Balaban J connectivity index is 1.36. The standard InChI is InChI=1S/C31H29Cl2F6N3O2/c32-25-7-6-21(14-26(25)33)27-17-40(16-20-12-23(30(34,35)36)15-24(13-20)31(37,38)39)10-11-42(27)28(43)18-41-9-8-29(44,19-41)22-4-2-1-3-5-22/h1-7,12-15,27,44H,8-11,16-19H2. The second-order valence-electron chi connectivity index (χ2n) is 11.3. The lowest BCUT2D eigenvalue weighted by Gasteiger charge is -2.42. The third-order valence-corrected chi connectivity index (χ3v) is 8.90. The Hall–Kier alpha value is -2.83. The van der Waals surface area contributed by atoms with E-state index in [1.54, 1.807) is 28.0 Å². The molecule has 0 saturated carbocycles. The number of nitrogens with zero attached hydrogens (tertiary/aromatic N) is 3. The van der Waals surface area contributed by atoms with Crippen LogP contribution in [0.15, 0.2) is 66.7 Å². The van der Waals surface area contributed by atoms with E-state index in [1.165, 1.54) is 0 Å². The van der Waals surface area contributed by atoms with Crippen molar-refractivity contribution in [1.29, 1.82) is 0 Å². The molecule has 0 radical (unpaired) electrons. The van der Waals surface area contributed by atoms with Gasteiger partial charge in [0.05, 0.1) is 33.8 Å². The van der Waals surface area contributed by atoms with Crippen LogP contribution in [-0.2, 0) is 29.3 Å². The molecule has 1 N–H and O–H groups in total. The molecule has 0 spiro atoms. The van der Waals surface area contributed by atoms with Crippen molar-refractivity contribution in [2.75, 3.05) is 39.3 Å². The molecule has 1 amide bonds. The number of rotatable bonds is 6. The summed E-state index contributed by atoms with van der Waals surface area (Å²) in [5.74, 6) is -0.225. The average molecular weight is 660 g/mol. The smallest absolute Gasteiger partial charge is 0.384 e. The summed E-state index contributed by atoms with van der Waals surface area (Å²) in [6.45, 7) is 1.11. The molecule has 5 rings (SSSR count). The van der Waals surface area contributed by atoms with Gasteiger partial charge in [-0.25, -0.2) is 0 Å². The SMILES string of the molecule is O=C(CN1CCC(O)(c2ccccc2)C1)N1CCN(Cc2cc(C(F)(F)F)cc(C(F)(F)F)c2)CC1c1ccc(Cl)c(Cl)c1. The van der Waals surface area contributed by atoms with Crippen LogP contribution in [0.25, 0.3) is 0 Å². The lowest BCUT2D eigenvalue weighted by atomic mass is 9.93. The highest BCUT2D eigenvalue weighted by Gasteiger charge is 2.41. The number of amides is 1. The Kier molecular flexibility index (Phi) is 9.26. The molecule has 2 unspecified atom stereocenters. The van der Waals surface area contributed by atoms with Gasteiger partial charge in [0, 0.05) is 39.3 Å². The fourth-order valence-electron chi connectivity index (χ4n) is 5.93. The molecule has 236 valence electrons. The molecule has 2 fully saturated rings. The first-order chi connectivity index (χ1) is 20.6. The van der Waals surface area contributed by atoms with Gasteiger partial charge in [-0.05, 0) is 53.4 Å². The number of piperazine rings is 1. The molecule has 13 heteroatoms. The van der Waals surface area contributed by atoms with Crippen LogP contribution in [0.2, 0.25) is 10.0 Å². The predicted molar refractivity (Wildman–Crippen MR) is 154 cm³/mol. The molecule has 0 bridgehead atoms. The molecule has 3 aromatic carbocycles. The van der Waals surface area contributed by atoms with E-state index in [1.807, 2.05) is 35.2 Å². The van der Waals surface area contributed by atoms with E-state index < -0.39 is 35.1 Å². The molecule has 2 heterocycles. The molecule has 2 saturated heterocycles. The molecule has 2 aliphatic rings. The highest BCUT2D eigenvalue weighted by molar-refractivity contribution is 6.42. The zero-order chi connectivity index (χ0) is 31.9. The Bertz CT molecular complexity index is 1470. The van der Waals surface area contributed by atoms with E-state index in [0.29, 0.717) is 23.6 Å². The van der Waals surface area contributed by atoms with Crippen molar-refractivity contribution < 1.29 is 36.2 Å². The number of hydrogen-bond donors (Lipinski definition) is 1. The first-order valence-corrected chi connectivity index (χ1v) is 14.6. The molecule has 5 nitrogen and oxygen atoms in total. The summed E-state index contributed by atoms with van der Waals surface area (Å²) in [6.07, 6.45) is -9.46. The number of likely N-dealkylation sites (tertiary alicyclic amines) is 1. The summed E-state index contributed by atoms with van der Waals surface area (Å²) >= 11 is 12.4. The van der Waals surface area contributed by atoms with Crippen molar-refractivity contribution in [2.45, 2.75) is 37.0 Å². The van der Waals surface area contributed by atoms with E-state index in [9.17, 15) is 36.2 Å². The minimum absolute atomic E-state index is 0.0233. The van der Waals surface area contributed by atoms with Gasteiger partial charge in [-0.2, -0.15) is 26.3 Å². The molecule has 2 atom stereocenters. The fourth-order valence-corrected chi connectivity index (χ4v) is 6.23. The van der Waals surface area contributed by atoms with Gasteiger partial charge in [0.25, 0.3) is 0 Å². The van der Waals surface area contributed by atoms with Crippen molar-refractivity contribution in [1.82, 2.24) is 14.7 Å². The zero-order valence-corrected chi connectivity index (χ0v) is 24.8. The van der Waals surface area contributed by atoms with E-state index in [4.69, 9.17) is 23.2 Å². The number of hydrogen-bond acceptors (Lipinski definition) is 4. The first-order valence-electron chi connectivity index (χ1n) is 13.9. The minimum Gasteiger partial charge on any atom is -0.384 e. The second-order valence-corrected chi connectivity index (χ2v) is 12.1. The van der Waals surface area contributed by atoms with Crippen molar-refractivity contribution in [2.24, 2.45) is 0 Å². The largest absolute Gasteiger partial charge is 0.416 e. The van der Waals surface area contributed by atoms with Gasteiger partial charge < -0.3 is 10.0 Å². The quantitative estimate of drug-likeness (QED) is 0.289. The molecular weight excluding hydrogens is 631 g/mol. The van der Waals surface area contributed by atoms with Crippen molar-refractivity contribution in [3.8, 4) is 0 Å². The third-order valence-electron chi connectivity index (χ3n) is 8.16. The first kappa shape index (κ1) is 32.6. The van der Waals surface area contributed by atoms with E-state index in [0.717, 1.165) is 17.7 Å². The summed E-state index contributed by atoms with van der Waals surface area (Å²) in [7, 11) is 0. The van der Waals surface area contributed by atoms with Crippen molar-refractivity contribution in [3.05, 3.63) is 105 Å². The van der Waals surface area contributed by atoms with E-state index in [-0.39, 0.29) is 61.8 Å². The maximum absolute atomic E-state index is 13.7. The van der Waals surface area contributed by atoms with Gasteiger partial charge in [0.1, 0.15) is 5.60 Å². The van der Waals surface area contributed by atoms with Crippen LogP contribution in [-0.4, -0.2) is 65.0 Å². The number of halogens is 8. The zero-order valence-electron chi connectivity index (χ0n) is 23.3. The van der Waals surface area contributed by atoms with Gasteiger partial charge >= 0.3 is 12.4 Å². The summed E-state index contributed by atoms with van der Waals surface area (Å²) in [6, 6.07) is 15.0. The van der Waals surface area contributed by atoms with Gasteiger partial charge in [-0.1, -0.05) is 59.6 Å². The molecule has 0 aromatic heterocycles. The summed E-state index contributed by atoms with van der Waals surface area (Å²) in [5.41, 5.74) is -2.60. The Morgan fingerprint density at radius 2 is 1.50 bits per heavy atom. The Labute approximate surface area is 260 Å². The number of benzene rings is 3. The van der Waals surface area contributed by atoms with Crippen LogP contribution in [0.1, 0.15) is 40.3 Å². The van der Waals surface area contributed by atoms with Crippen LogP contribution in [0.3, 0.4) is 0 Å². The normalized spacial score (nSPS) is 22.0. The third kappa shape index (κ3) is 7.34. The van der Waals surface area contributed by atoms with Gasteiger partial charge in [-0.15, -0.1) is 0 Å². The highest BCUT2D eigenvalue weighted by atomic mass is 35.5. The van der Waals surface area contributed by atoms with Crippen molar-refractivity contribution in [3.63, 3.8) is 0 Å². The molecule has 3 aromatic rings.